The molecule has 2 aromatic carbocycles. The molecular formula is C20H21FN5S2+. The van der Waals surface area contributed by atoms with E-state index in [0.29, 0.717) is 11.4 Å². The van der Waals surface area contributed by atoms with E-state index in [0.717, 1.165) is 21.9 Å². The number of quaternary nitrogens is 1. The van der Waals surface area contributed by atoms with Crippen molar-refractivity contribution < 1.29 is 9.29 Å². The summed E-state index contributed by atoms with van der Waals surface area (Å²) in [5, 5.41) is 5.78. The van der Waals surface area contributed by atoms with Crippen LogP contribution >= 0.6 is 23.6 Å². The minimum atomic E-state index is -0.265. The Morgan fingerprint density at radius 3 is 2.61 bits per heavy atom. The van der Waals surface area contributed by atoms with Gasteiger partial charge >= 0.3 is 0 Å². The second-order valence-corrected chi connectivity index (χ2v) is 8.34. The second-order valence-electron chi connectivity index (χ2n) is 6.92. The van der Waals surface area contributed by atoms with Gasteiger partial charge in [0.1, 0.15) is 11.9 Å². The predicted molar refractivity (Wildman–Crippen MR) is 112 cm³/mol. The molecule has 4 rings (SSSR count). The zero-order valence-electron chi connectivity index (χ0n) is 15.9. The highest BCUT2D eigenvalue weighted by atomic mass is 32.1. The predicted octanol–water partition coefficient (Wildman–Crippen LogP) is 3.60. The standard InChI is InChI=1S/C20H20FN5S2/c1-13(19-22-16-6-4-5-7-17(16)28-19)24(2)12-26-20(27)25(3)18(23-26)14-8-10-15(21)11-9-14/h4-11,13H,12H2,1-3H3/p+1/t13-/m1/s1. The summed E-state index contributed by atoms with van der Waals surface area (Å²) in [6.07, 6.45) is 0. The smallest absolute Gasteiger partial charge is 0.202 e. The van der Waals surface area contributed by atoms with E-state index >= 15 is 0 Å². The highest BCUT2D eigenvalue weighted by Gasteiger charge is 2.21. The van der Waals surface area contributed by atoms with Crippen LogP contribution in [0, 0.1) is 10.6 Å². The van der Waals surface area contributed by atoms with Crippen LogP contribution in [0.15, 0.2) is 48.5 Å². The van der Waals surface area contributed by atoms with Gasteiger partial charge in [-0.15, -0.1) is 16.4 Å². The number of para-hydroxylation sites is 1. The number of nitrogens with zero attached hydrogens (tertiary/aromatic N) is 4. The zero-order chi connectivity index (χ0) is 19.8. The molecule has 144 valence electrons. The SMILES string of the molecule is C[C@H](c1nc2ccccc2s1)[NH+](C)Cn1nc(-c2ccc(F)cc2)n(C)c1=S. The summed E-state index contributed by atoms with van der Waals surface area (Å²) < 4.78 is 18.7. The Balaban J connectivity index is 1.58. The third kappa shape index (κ3) is 3.50. The molecule has 8 heteroatoms. The molecule has 0 aliphatic carbocycles. The molecular weight excluding hydrogens is 393 g/mol. The summed E-state index contributed by atoms with van der Waals surface area (Å²) in [5.74, 6) is 0.462. The van der Waals surface area contributed by atoms with Crippen LogP contribution in [0.4, 0.5) is 4.39 Å². The lowest BCUT2D eigenvalue weighted by Gasteiger charge is -2.19. The largest absolute Gasteiger partial charge is 0.311 e. The summed E-state index contributed by atoms with van der Waals surface area (Å²) in [5.41, 5.74) is 1.88. The van der Waals surface area contributed by atoms with Crippen LogP contribution in [0.1, 0.15) is 18.0 Å². The maximum Gasteiger partial charge on any atom is 0.202 e. The lowest BCUT2D eigenvalue weighted by Crippen LogP contribution is -3.08. The van der Waals surface area contributed by atoms with Crippen molar-refractivity contribution >= 4 is 33.8 Å². The van der Waals surface area contributed by atoms with Gasteiger partial charge < -0.3 is 9.47 Å². The fraction of sp³-hybridized carbons (Fsp3) is 0.250. The molecule has 0 bridgehead atoms. The minimum Gasteiger partial charge on any atom is -0.311 e. The van der Waals surface area contributed by atoms with Crippen LogP contribution in [0.5, 0.6) is 0 Å². The molecule has 0 spiro atoms. The summed E-state index contributed by atoms with van der Waals surface area (Å²) in [4.78, 5) is 6.01. The van der Waals surface area contributed by atoms with E-state index in [9.17, 15) is 4.39 Å². The van der Waals surface area contributed by atoms with Crippen molar-refractivity contribution in [1.82, 2.24) is 19.3 Å². The molecule has 2 heterocycles. The Morgan fingerprint density at radius 1 is 1.18 bits per heavy atom. The van der Waals surface area contributed by atoms with Crippen LogP contribution in [0.2, 0.25) is 0 Å². The highest BCUT2D eigenvalue weighted by molar-refractivity contribution is 7.71. The number of nitrogens with one attached hydrogen (secondary N) is 1. The summed E-state index contributed by atoms with van der Waals surface area (Å²) in [7, 11) is 4.00. The second kappa shape index (κ2) is 7.54. The molecule has 1 unspecified atom stereocenters. The molecule has 0 saturated carbocycles. The number of halogens is 1. The van der Waals surface area contributed by atoms with E-state index in [-0.39, 0.29) is 11.9 Å². The van der Waals surface area contributed by atoms with E-state index in [1.54, 1.807) is 23.5 Å². The first-order valence-electron chi connectivity index (χ1n) is 9.01. The molecule has 0 fully saturated rings. The van der Waals surface area contributed by atoms with Crippen molar-refractivity contribution in [3.05, 3.63) is 64.1 Å². The molecule has 5 nitrogen and oxygen atoms in total. The molecule has 28 heavy (non-hydrogen) atoms. The maximum atomic E-state index is 13.2. The van der Waals surface area contributed by atoms with Gasteiger partial charge in [-0.3, -0.25) is 0 Å². The van der Waals surface area contributed by atoms with Crippen molar-refractivity contribution in [3.63, 3.8) is 0 Å². The normalized spacial score (nSPS) is 13.7. The molecule has 4 aromatic rings. The number of rotatable bonds is 5. The van der Waals surface area contributed by atoms with E-state index in [1.807, 2.05) is 34.5 Å². The number of fused-ring (bicyclic) bond motifs is 1. The number of hydrogen-bond acceptors (Lipinski definition) is 4. The molecule has 2 aromatic heterocycles. The van der Waals surface area contributed by atoms with Gasteiger partial charge in [0, 0.05) is 12.6 Å². The van der Waals surface area contributed by atoms with Crippen LogP contribution in [0.3, 0.4) is 0 Å². The average molecular weight is 415 g/mol. The number of benzene rings is 2. The monoisotopic (exact) mass is 414 g/mol. The number of hydrogen-bond donors (Lipinski definition) is 1. The average Bonchev–Trinajstić information content (AvgIpc) is 3.25. The molecule has 0 aliphatic heterocycles. The third-order valence-electron chi connectivity index (χ3n) is 4.96. The Labute approximate surface area is 171 Å². The fourth-order valence-electron chi connectivity index (χ4n) is 3.10. The lowest BCUT2D eigenvalue weighted by molar-refractivity contribution is -0.933. The zero-order valence-corrected chi connectivity index (χ0v) is 17.5. The molecule has 0 aliphatic rings. The van der Waals surface area contributed by atoms with Crippen LogP contribution in [-0.4, -0.2) is 26.4 Å². The van der Waals surface area contributed by atoms with E-state index in [1.165, 1.54) is 21.7 Å². The van der Waals surface area contributed by atoms with Crippen LogP contribution < -0.4 is 4.90 Å². The fourth-order valence-corrected chi connectivity index (χ4v) is 4.40. The van der Waals surface area contributed by atoms with Crippen LogP contribution in [-0.2, 0) is 13.7 Å². The van der Waals surface area contributed by atoms with Gasteiger partial charge in [0.05, 0.1) is 17.3 Å². The van der Waals surface area contributed by atoms with Gasteiger partial charge in [0.25, 0.3) is 0 Å². The van der Waals surface area contributed by atoms with Gasteiger partial charge in [-0.05, 0) is 55.5 Å². The molecule has 0 saturated heterocycles. The van der Waals surface area contributed by atoms with E-state index < -0.39 is 0 Å². The number of thiazole rings is 1. The number of aromatic nitrogens is 4. The molecule has 0 amide bonds. The summed E-state index contributed by atoms with van der Waals surface area (Å²) >= 11 is 7.30. The molecule has 2 atom stereocenters. The van der Waals surface area contributed by atoms with Crippen LogP contribution in [0.25, 0.3) is 21.6 Å². The Bertz CT molecular complexity index is 1140. The Kier molecular flexibility index (Phi) is 5.09. The van der Waals surface area contributed by atoms with Gasteiger partial charge in [-0.1, -0.05) is 12.1 Å². The van der Waals surface area contributed by atoms with Crippen molar-refractivity contribution in [3.8, 4) is 11.4 Å². The third-order valence-corrected chi connectivity index (χ3v) is 6.67. The topological polar surface area (TPSA) is 40.1 Å². The van der Waals surface area contributed by atoms with Gasteiger partial charge in [-0.2, -0.15) is 4.68 Å². The lowest BCUT2D eigenvalue weighted by atomic mass is 10.2. The Morgan fingerprint density at radius 2 is 1.89 bits per heavy atom. The molecule has 1 N–H and O–H groups in total. The Hall–Kier alpha value is -2.42. The van der Waals surface area contributed by atoms with E-state index in [4.69, 9.17) is 17.2 Å². The van der Waals surface area contributed by atoms with Crippen molar-refractivity contribution in [2.75, 3.05) is 7.05 Å². The van der Waals surface area contributed by atoms with Crippen molar-refractivity contribution in [1.29, 1.82) is 0 Å². The first-order chi connectivity index (χ1) is 13.4. The minimum absolute atomic E-state index is 0.204. The quantitative estimate of drug-likeness (QED) is 0.507. The van der Waals surface area contributed by atoms with E-state index in [2.05, 4.69) is 25.1 Å². The summed E-state index contributed by atoms with van der Waals surface area (Å²) in [6.45, 7) is 2.78. The van der Waals surface area contributed by atoms with Gasteiger partial charge in [0.2, 0.25) is 4.77 Å². The van der Waals surface area contributed by atoms with Crippen molar-refractivity contribution in [2.24, 2.45) is 7.05 Å². The van der Waals surface area contributed by atoms with Gasteiger partial charge in [0.15, 0.2) is 17.5 Å². The highest BCUT2D eigenvalue weighted by Crippen LogP contribution is 2.25. The maximum absolute atomic E-state index is 13.2. The van der Waals surface area contributed by atoms with Gasteiger partial charge in [-0.25, -0.2) is 9.37 Å². The first kappa shape index (κ1) is 18.9. The first-order valence-corrected chi connectivity index (χ1v) is 10.2. The molecule has 0 radical (unpaired) electrons. The van der Waals surface area contributed by atoms with Crippen molar-refractivity contribution in [2.45, 2.75) is 19.6 Å². The summed E-state index contributed by atoms with van der Waals surface area (Å²) in [6, 6.07) is 14.7.